The summed E-state index contributed by atoms with van der Waals surface area (Å²) in [7, 11) is -1.49. The van der Waals surface area contributed by atoms with E-state index in [-0.39, 0.29) is 6.54 Å². The van der Waals surface area contributed by atoms with E-state index in [1.54, 1.807) is 12.3 Å². The molecule has 0 spiro atoms. The van der Waals surface area contributed by atoms with Crippen LogP contribution in [-0.2, 0) is 6.54 Å². The molecule has 64 valence electrons. The quantitative estimate of drug-likeness (QED) is 0.468. The molecule has 0 aliphatic heterocycles. The molecule has 0 radical (unpaired) electrons. The third-order valence-corrected chi connectivity index (χ3v) is 1.61. The molecule has 1 heterocycles. The van der Waals surface area contributed by atoms with Crippen molar-refractivity contribution >= 4 is 12.6 Å². The number of rotatable bonds is 2. The fourth-order valence-electron chi connectivity index (χ4n) is 1.01. The van der Waals surface area contributed by atoms with Crippen LogP contribution in [0.2, 0.25) is 0 Å². The number of hydrogen-bond donors (Lipinski definition) is 3. The van der Waals surface area contributed by atoms with Gasteiger partial charge in [-0.2, -0.15) is 0 Å². The summed E-state index contributed by atoms with van der Waals surface area (Å²) in [5, 5.41) is 17.8. The lowest BCUT2D eigenvalue weighted by atomic mass is 9.78. The Labute approximate surface area is 71.2 Å². The molecule has 5 heteroatoms. The molecular formula is C7H11BN2O2. The lowest BCUT2D eigenvalue weighted by molar-refractivity contribution is 0.425. The first-order valence-corrected chi connectivity index (χ1v) is 3.66. The summed E-state index contributed by atoms with van der Waals surface area (Å²) < 4.78 is 0. The number of nitrogens with two attached hydrogens (primary N) is 1. The van der Waals surface area contributed by atoms with Crippen LogP contribution in [0, 0.1) is 6.92 Å². The monoisotopic (exact) mass is 166 g/mol. The number of pyridine rings is 1. The average Bonchev–Trinajstić information content (AvgIpc) is 2.04. The second kappa shape index (κ2) is 3.66. The molecule has 0 aliphatic carbocycles. The summed E-state index contributed by atoms with van der Waals surface area (Å²) in [5.41, 5.74) is 7.15. The number of aromatic nitrogens is 1. The first kappa shape index (κ1) is 9.19. The van der Waals surface area contributed by atoms with E-state index in [4.69, 9.17) is 15.8 Å². The van der Waals surface area contributed by atoms with Crippen molar-refractivity contribution in [2.24, 2.45) is 5.73 Å². The normalized spacial score (nSPS) is 10.0. The average molecular weight is 166 g/mol. The molecule has 0 fully saturated rings. The van der Waals surface area contributed by atoms with Crippen molar-refractivity contribution in [3.05, 3.63) is 23.5 Å². The minimum absolute atomic E-state index is 0.216. The van der Waals surface area contributed by atoms with E-state index in [9.17, 15) is 0 Å². The Morgan fingerprint density at radius 2 is 2.25 bits per heavy atom. The minimum atomic E-state index is -1.49. The van der Waals surface area contributed by atoms with E-state index in [2.05, 4.69) is 4.98 Å². The van der Waals surface area contributed by atoms with Crippen molar-refractivity contribution in [3.8, 4) is 0 Å². The highest BCUT2D eigenvalue weighted by Crippen LogP contribution is 1.95. The molecule has 4 N–H and O–H groups in total. The molecule has 0 aromatic carbocycles. The third-order valence-electron chi connectivity index (χ3n) is 1.61. The van der Waals surface area contributed by atoms with Gasteiger partial charge in [-0.3, -0.25) is 4.98 Å². The van der Waals surface area contributed by atoms with Crippen molar-refractivity contribution in [1.82, 2.24) is 4.98 Å². The Morgan fingerprint density at radius 1 is 1.58 bits per heavy atom. The van der Waals surface area contributed by atoms with Gasteiger partial charge in [-0.25, -0.2) is 0 Å². The fourth-order valence-corrected chi connectivity index (χ4v) is 1.01. The Hall–Kier alpha value is -0.905. The Balaban J connectivity index is 3.12. The first-order valence-electron chi connectivity index (χ1n) is 3.66. The van der Waals surface area contributed by atoms with Crippen LogP contribution in [0.4, 0.5) is 0 Å². The highest BCUT2D eigenvalue weighted by Gasteiger charge is 2.15. The maximum Gasteiger partial charge on any atom is 0.490 e. The van der Waals surface area contributed by atoms with Crippen molar-refractivity contribution in [2.75, 3.05) is 0 Å². The van der Waals surface area contributed by atoms with Gasteiger partial charge in [0, 0.05) is 18.2 Å². The Bertz CT molecular complexity index is 278. The molecule has 0 bridgehead atoms. The predicted octanol–water partition coefficient (Wildman–Crippen LogP) is -1.47. The molecule has 0 atom stereocenters. The molecule has 1 aromatic rings. The van der Waals surface area contributed by atoms with E-state index in [1.807, 2.05) is 6.92 Å². The van der Waals surface area contributed by atoms with Crippen LogP contribution >= 0.6 is 0 Å². The van der Waals surface area contributed by atoms with E-state index >= 15 is 0 Å². The Kier molecular flexibility index (Phi) is 2.81. The smallest absolute Gasteiger partial charge is 0.423 e. The second-order valence-electron chi connectivity index (χ2n) is 2.63. The number of hydrogen-bond acceptors (Lipinski definition) is 4. The summed E-state index contributed by atoms with van der Waals surface area (Å²) in [4.78, 5) is 3.97. The van der Waals surface area contributed by atoms with Crippen molar-refractivity contribution in [3.63, 3.8) is 0 Å². The van der Waals surface area contributed by atoms with E-state index < -0.39 is 7.12 Å². The first-order chi connectivity index (χ1) is 5.65. The van der Waals surface area contributed by atoms with Gasteiger partial charge < -0.3 is 15.8 Å². The largest absolute Gasteiger partial charge is 0.490 e. The molecular weight excluding hydrogens is 155 g/mol. The van der Waals surface area contributed by atoms with Crippen LogP contribution < -0.4 is 11.2 Å². The van der Waals surface area contributed by atoms with Gasteiger partial charge in [0.1, 0.15) is 0 Å². The van der Waals surface area contributed by atoms with Crippen LogP contribution in [0.15, 0.2) is 12.3 Å². The standard InChI is InChI=1S/C7H11BN2O2/c1-5-2-6(8(11)12)7(3-9)10-4-5/h2,4,11-12H,3,9H2,1H3. The highest BCUT2D eigenvalue weighted by molar-refractivity contribution is 6.59. The zero-order valence-corrected chi connectivity index (χ0v) is 6.86. The van der Waals surface area contributed by atoms with Gasteiger partial charge in [0.2, 0.25) is 0 Å². The zero-order chi connectivity index (χ0) is 9.14. The van der Waals surface area contributed by atoms with Gasteiger partial charge in [0.15, 0.2) is 0 Å². The lowest BCUT2D eigenvalue weighted by Gasteiger charge is -2.05. The predicted molar refractivity (Wildman–Crippen MR) is 46.7 cm³/mol. The third kappa shape index (κ3) is 1.82. The molecule has 4 nitrogen and oxygen atoms in total. The molecule has 1 aromatic heterocycles. The van der Waals surface area contributed by atoms with Crippen molar-refractivity contribution in [1.29, 1.82) is 0 Å². The van der Waals surface area contributed by atoms with Crippen LogP contribution in [0.1, 0.15) is 11.3 Å². The van der Waals surface area contributed by atoms with Gasteiger partial charge in [0.25, 0.3) is 0 Å². The molecule has 0 saturated carbocycles. The van der Waals surface area contributed by atoms with E-state index in [0.717, 1.165) is 5.56 Å². The van der Waals surface area contributed by atoms with Gasteiger partial charge >= 0.3 is 7.12 Å². The van der Waals surface area contributed by atoms with Crippen LogP contribution in [0.5, 0.6) is 0 Å². The second-order valence-corrected chi connectivity index (χ2v) is 2.63. The maximum absolute atomic E-state index is 8.92. The zero-order valence-electron chi connectivity index (χ0n) is 6.86. The topological polar surface area (TPSA) is 79.4 Å². The molecule has 0 amide bonds. The summed E-state index contributed by atoms with van der Waals surface area (Å²) in [5.74, 6) is 0. The SMILES string of the molecule is Cc1cnc(CN)c(B(O)O)c1. The number of aryl methyl sites for hydroxylation is 1. The minimum Gasteiger partial charge on any atom is -0.423 e. The maximum atomic E-state index is 8.92. The molecule has 0 aliphatic rings. The van der Waals surface area contributed by atoms with Gasteiger partial charge in [-0.15, -0.1) is 0 Å². The van der Waals surface area contributed by atoms with Gasteiger partial charge in [0.05, 0.1) is 5.69 Å². The van der Waals surface area contributed by atoms with Crippen LogP contribution in [-0.4, -0.2) is 22.2 Å². The molecule has 0 saturated heterocycles. The summed E-state index contributed by atoms with van der Waals surface area (Å²) in [6, 6.07) is 1.67. The number of nitrogens with zero attached hydrogens (tertiary/aromatic N) is 1. The summed E-state index contributed by atoms with van der Waals surface area (Å²) >= 11 is 0. The van der Waals surface area contributed by atoms with Crippen LogP contribution in [0.3, 0.4) is 0 Å². The highest BCUT2D eigenvalue weighted by atomic mass is 16.4. The van der Waals surface area contributed by atoms with Crippen molar-refractivity contribution in [2.45, 2.75) is 13.5 Å². The molecule has 0 unspecified atom stereocenters. The van der Waals surface area contributed by atoms with Gasteiger partial charge in [-0.1, -0.05) is 6.07 Å². The van der Waals surface area contributed by atoms with E-state index in [0.29, 0.717) is 11.2 Å². The van der Waals surface area contributed by atoms with Gasteiger partial charge in [-0.05, 0) is 12.5 Å². The fraction of sp³-hybridized carbons (Fsp3) is 0.286. The van der Waals surface area contributed by atoms with Crippen LogP contribution in [0.25, 0.3) is 0 Å². The van der Waals surface area contributed by atoms with E-state index in [1.165, 1.54) is 0 Å². The molecule has 12 heavy (non-hydrogen) atoms. The van der Waals surface area contributed by atoms with Crippen molar-refractivity contribution < 1.29 is 10.0 Å². The Morgan fingerprint density at radius 3 is 2.75 bits per heavy atom. The lowest BCUT2D eigenvalue weighted by Crippen LogP contribution is -2.35. The summed E-state index contributed by atoms with van der Waals surface area (Å²) in [6.45, 7) is 2.05. The molecule has 1 rings (SSSR count). The summed E-state index contributed by atoms with van der Waals surface area (Å²) in [6.07, 6.45) is 1.65.